The highest BCUT2D eigenvalue weighted by molar-refractivity contribution is 6.31. The molecule has 0 aliphatic rings. The third-order valence-corrected chi connectivity index (χ3v) is 4.69. The zero-order valence-corrected chi connectivity index (χ0v) is 15.2. The summed E-state index contributed by atoms with van der Waals surface area (Å²) in [5.74, 6) is 0.714. The van der Waals surface area contributed by atoms with Crippen LogP contribution in [0.5, 0.6) is 0 Å². The Hall–Kier alpha value is -0.530. The topological polar surface area (TPSA) is 12.0 Å². The Morgan fingerprint density at radius 3 is 2.10 bits per heavy atom. The van der Waals surface area contributed by atoms with Crippen molar-refractivity contribution in [2.24, 2.45) is 5.92 Å². The molecule has 1 N–H and O–H groups in total. The van der Waals surface area contributed by atoms with Gasteiger partial charge in [-0.3, -0.25) is 0 Å². The van der Waals surface area contributed by atoms with Crippen LogP contribution >= 0.6 is 11.6 Å². The summed E-state index contributed by atoms with van der Waals surface area (Å²) in [5, 5.41) is 4.68. The lowest BCUT2D eigenvalue weighted by molar-refractivity contribution is 0.315. The summed E-state index contributed by atoms with van der Waals surface area (Å²) in [5.41, 5.74) is 3.95. The summed E-state index contributed by atoms with van der Waals surface area (Å²) in [6.45, 7) is 12.2. The number of rotatable bonds is 9. The number of benzene rings is 1. The Labute approximate surface area is 136 Å². The first-order valence-electron chi connectivity index (χ1n) is 8.55. The predicted molar refractivity (Wildman–Crippen MR) is 95.3 cm³/mol. The van der Waals surface area contributed by atoms with Crippen molar-refractivity contribution in [2.75, 3.05) is 6.54 Å². The van der Waals surface area contributed by atoms with Crippen molar-refractivity contribution in [2.45, 2.75) is 72.8 Å². The fourth-order valence-corrected chi connectivity index (χ4v) is 3.41. The second-order valence-corrected chi connectivity index (χ2v) is 6.63. The van der Waals surface area contributed by atoms with E-state index in [-0.39, 0.29) is 0 Å². The van der Waals surface area contributed by atoms with Crippen LogP contribution in [0.25, 0.3) is 0 Å². The average molecular weight is 310 g/mol. The van der Waals surface area contributed by atoms with E-state index in [9.17, 15) is 0 Å². The molecule has 1 aromatic carbocycles. The third kappa shape index (κ3) is 5.30. The highest BCUT2D eigenvalue weighted by atomic mass is 35.5. The first-order chi connectivity index (χ1) is 10.0. The monoisotopic (exact) mass is 309 g/mol. The van der Waals surface area contributed by atoms with E-state index >= 15 is 0 Å². The number of aryl methyl sites for hydroxylation is 2. The minimum absolute atomic E-state index is 0.459. The number of hydrogen-bond acceptors (Lipinski definition) is 1. The van der Waals surface area contributed by atoms with Gasteiger partial charge >= 0.3 is 0 Å². The Kier molecular flexibility index (Phi) is 8.36. The van der Waals surface area contributed by atoms with E-state index in [2.05, 4.69) is 52.1 Å². The van der Waals surface area contributed by atoms with Gasteiger partial charge in [-0.05, 0) is 68.3 Å². The van der Waals surface area contributed by atoms with E-state index in [4.69, 9.17) is 11.6 Å². The zero-order chi connectivity index (χ0) is 15.8. The van der Waals surface area contributed by atoms with Crippen LogP contribution in [0.4, 0.5) is 0 Å². The molecule has 1 rings (SSSR count). The van der Waals surface area contributed by atoms with Gasteiger partial charge in [0.05, 0.1) is 0 Å². The standard InChI is InChI=1S/C19H32ClN/c1-6-9-16(10-7-2)19(21-11-8-3)17-12-15(5)18(20)13-14(17)4/h12-13,16,19,21H,6-11H2,1-5H3. The lowest BCUT2D eigenvalue weighted by Gasteiger charge is -2.30. The molecular formula is C19H32ClN. The van der Waals surface area contributed by atoms with E-state index in [1.807, 2.05) is 0 Å². The fourth-order valence-electron chi connectivity index (χ4n) is 3.19. The van der Waals surface area contributed by atoms with Crippen molar-refractivity contribution >= 4 is 11.6 Å². The zero-order valence-electron chi connectivity index (χ0n) is 14.4. The summed E-state index contributed by atoms with van der Waals surface area (Å²) in [7, 11) is 0. The molecular weight excluding hydrogens is 278 g/mol. The van der Waals surface area contributed by atoms with Gasteiger partial charge in [0.1, 0.15) is 0 Å². The second-order valence-electron chi connectivity index (χ2n) is 6.23. The van der Waals surface area contributed by atoms with Crippen molar-refractivity contribution in [3.8, 4) is 0 Å². The lowest BCUT2D eigenvalue weighted by Crippen LogP contribution is -2.30. The Bertz CT molecular complexity index is 422. The molecule has 0 spiro atoms. The number of nitrogens with one attached hydrogen (secondary N) is 1. The van der Waals surface area contributed by atoms with E-state index in [0.717, 1.165) is 11.6 Å². The van der Waals surface area contributed by atoms with Crippen LogP contribution in [-0.4, -0.2) is 6.54 Å². The van der Waals surface area contributed by atoms with Gasteiger partial charge in [-0.2, -0.15) is 0 Å². The van der Waals surface area contributed by atoms with E-state index in [0.29, 0.717) is 12.0 Å². The van der Waals surface area contributed by atoms with Crippen molar-refractivity contribution in [1.82, 2.24) is 5.32 Å². The molecule has 0 aromatic heterocycles. The van der Waals surface area contributed by atoms with Crippen molar-refractivity contribution < 1.29 is 0 Å². The van der Waals surface area contributed by atoms with Crippen molar-refractivity contribution in [1.29, 1.82) is 0 Å². The van der Waals surface area contributed by atoms with Crippen LogP contribution in [-0.2, 0) is 0 Å². The molecule has 0 aliphatic heterocycles. The molecule has 0 amide bonds. The van der Waals surface area contributed by atoms with E-state index in [1.54, 1.807) is 0 Å². The van der Waals surface area contributed by atoms with Gasteiger partial charge in [0, 0.05) is 11.1 Å². The molecule has 0 fully saturated rings. The highest BCUT2D eigenvalue weighted by Gasteiger charge is 2.23. The number of halogens is 1. The largest absolute Gasteiger partial charge is 0.310 e. The van der Waals surface area contributed by atoms with Crippen LogP contribution < -0.4 is 5.32 Å². The summed E-state index contributed by atoms with van der Waals surface area (Å²) in [4.78, 5) is 0. The van der Waals surface area contributed by atoms with Crippen LogP contribution in [0.15, 0.2) is 12.1 Å². The summed E-state index contributed by atoms with van der Waals surface area (Å²) < 4.78 is 0. The minimum atomic E-state index is 0.459. The van der Waals surface area contributed by atoms with Crippen LogP contribution in [0.1, 0.15) is 75.6 Å². The molecule has 0 saturated carbocycles. The normalized spacial score (nSPS) is 12.9. The molecule has 0 radical (unpaired) electrons. The number of hydrogen-bond donors (Lipinski definition) is 1. The third-order valence-electron chi connectivity index (χ3n) is 4.29. The maximum absolute atomic E-state index is 6.28. The molecule has 0 aliphatic carbocycles. The van der Waals surface area contributed by atoms with Crippen molar-refractivity contribution in [3.05, 3.63) is 33.8 Å². The molecule has 0 bridgehead atoms. The lowest BCUT2D eigenvalue weighted by atomic mass is 9.84. The molecule has 120 valence electrons. The molecule has 1 unspecified atom stereocenters. The highest BCUT2D eigenvalue weighted by Crippen LogP contribution is 2.33. The van der Waals surface area contributed by atoms with Gasteiger partial charge < -0.3 is 5.32 Å². The Morgan fingerprint density at radius 2 is 1.57 bits per heavy atom. The van der Waals surface area contributed by atoms with Gasteiger partial charge in [-0.1, -0.05) is 51.3 Å². The first-order valence-corrected chi connectivity index (χ1v) is 8.92. The molecule has 2 heteroatoms. The Morgan fingerprint density at radius 1 is 0.952 bits per heavy atom. The van der Waals surface area contributed by atoms with Gasteiger partial charge in [0.25, 0.3) is 0 Å². The molecule has 21 heavy (non-hydrogen) atoms. The SMILES string of the molecule is CCCNC(c1cc(C)c(Cl)cc1C)C(CCC)CCC. The van der Waals surface area contributed by atoms with E-state index < -0.39 is 0 Å². The predicted octanol–water partition coefficient (Wildman–Crippen LogP) is 6.21. The van der Waals surface area contributed by atoms with Crippen LogP contribution in [0.2, 0.25) is 5.02 Å². The maximum atomic E-state index is 6.28. The molecule has 0 heterocycles. The van der Waals surface area contributed by atoms with Crippen LogP contribution in [0, 0.1) is 19.8 Å². The maximum Gasteiger partial charge on any atom is 0.0438 e. The summed E-state index contributed by atoms with van der Waals surface area (Å²) >= 11 is 6.28. The van der Waals surface area contributed by atoms with Gasteiger partial charge in [-0.15, -0.1) is 0 Å². The second kappa shape index (κ2) is 9.48. The summed E-state index contributed by atoms with van der Waals surface area (Å²) in [6.07, 6.45) is 6.25. The first kappa shape index (κ1) is 18.5. The Balaban J connectivity index is 3.13. The van der Waals surface area contributed by atoms with E-state index in [1.165, 1.54) is 48.8 Å². The summed E-state index contributed by atoms with van der Waals surface area (Å²) in [6, 6.07) is 4.88. The molecule has 1 nitrogen and oxygen atoms in total. The van der Waals surface area contributed by atoms with Gasteiger partial charge in [-0.25, -0.2) is 0 Å². The molecule has 0 saturated heterocycles. The van der Waals surface area contributed by atoms with Crippen LogP contribution in [0.3, 0.4) is 0 Å². The smallest absolute Gasteiger partial charge is 0.0438 e. The quantitative estimate of drug-likeness (QED) is 0.571. The van der Waals surface area contributed by atoms with Gasteiger partial charge in [0.2, 0.25) is 0 Å². The minimum Gasteiger partial charge on any atom is -0.310 e. The fraction of sp³-hybridized carbons (Fsp3) is 0.684. The molecule has 1 atom stereocenters. The average Bonchev–Trinajstić information content (AvgIpc) is 2.44. The van der Waals surface area contributed by atoms with Gasteiger partial charge in [0.15, 0.2) is 0 Å². The van der Waals surface area contributed by atoms with Crippen molar-refractivity contribution in [3.63, 3.8) is 0 Å². The molecule has 1 aromatic rings.